The summed E-state index contributed by atoms with van der Waals surface area (Å²) in [5.74, 6) is 0.496. The average Bonchev–Trinajstić information content (AvgIpc) is 3.14. The summed E-state index contributed by atoms with van der Waals surface area (Å²) in [5.41, 5.74) is 6.41. The summed E-state index contributed by atoms with van der Waals surface area (Å²) in [7, 11) is 4.05. The first-order valence-electron chi connectivity index (χ1n) is 10.8. The van der Waals surface area contributed by atoms with Gasteiger partial charge >= 0.3 is 0 Å². The molecule has 4 fully saturated rings. The molecule has 9 heteroatoms. The van der Waals surface area contributed by atoms with E-state index in [2.05, 4.69) is 20.1 Å². The lowest BCUT2D eigenvalue weighted by Gasteiger charge is -2.50. The lowest BCUT2D eigenvalue weighted by molar-refractivity contribution is -0.146. The van der Waals surface area contributed by atoms with Gasteiger partial charge in [-0.2, -0.15) is 0 Å². The Morgan fingerprint density at radius 1 is 1.21 bits per heavy atom. The summed E-state index contributed by atoms with van der Waals surface area (Å²) in [4.78, 5) is 31.0. The second kappa shape index (κ2) is 8.39. The molecule has 0 radical (unpaired) electrons. The molecule has 1 aromatic heterocycles. The molecule has 4 saturated heterocycles. The monoisotopic (exact) mass is 403 g/mol. The molecule has 2 N–H and O–H groups in total. The van der Waals surface area contributed by atoms with E-state index in [1.807, 2.05) is 29.9 Å². The zero-order valence-corrected chi connectivity index (χ0v) is 17.5. The molecule has 0 aromatic carbocycles. The van der Waals surface area contributed by atoms with Crippen LogP contribution in [0.15, 0.2) is 6.20 Å². The van der Waals surface area contributed by atoms with Crippen LogP contribution >= 0.6 is 0 Å². The zero-order chi connectivity index (χ0) is 20.5. The van der Waals surface area contributed by atoms with E-state index < -0.39 is 0 Å². The Balaban J connectivity index is 1.32. The van der Waals surface area contributed by atoms with Crippen LogP contribution in [0.3, 0.4) is 0 Å². The maximum absolute atomic E-state index is 13.1. The maximum atomic E-state index is 13.1. The largest absolute Gasteiger partial charge is 0.369 e. The van der Waals surface area contributed by atoms with Crippen molar-refractivity contribution in [2.24, 2.45) is 23.5 Å². The minimum atomic E-state index is -0.232. The van der Waals surface area contributed by atoms with Gasteiger partial charge < -0.3 is 15.5 Å². The average molecular weight is 404 g/mol. The number of carbonyl (C=O) groups excluding carboxylic acids is 2. The van der Waals surface area contributed by atoms with E-state index in [1.54, 1.807) is 0 Å². The molecule has 160 valence electrons. The number of nitrogens with two attached hydrogens (primary N) is 1. The topological polar surface area (TPSA) is 101 Å². The number of fused-ring (bicyclic) bond motifs is 3. The summed E-state index contributed by atoms with van der Waals surface area (Å²) in [6.07, 6.45) is 5.57. The van der Waals surface area contributed by atoms with E-state index in [0.29, 0.717) is 37.9 Å². The third-order valence-electron chi connectivity index (χ3n) is 6.87. The number of piperidine rings is 4. The molecule has 0 saturated carbocycles. The number of hydrogen-bond donors (Lipinski definition) is 1. The van der Waals surface area contributed by atoms with Gasteiger partial charge in [0, 0.05) is 44.3 Å². The fourth-order valence-electron chi connectivity index (χ4n) is 5.27. The lowest BCUT2D eigenvalue weighted by atomic mass is 9.74. The van der Waals surface area contributed by atoms with Crippen LogP contribution in [-0.2, 0) is 22.7 Å². The van der Waals surface area contributed by atoms with E-state index in [4.69, 9.17) is 5.73 Å². The number of carbonyl (C=O) groups is 2. The van der Waals surface area contributed by atoms with Gasteiger partial charge in [-0.3, -0.25) is 19.2 Å². The molecular formula is C20H33N7O2. The molecule has 29 heavy (non-hydrogen) atoms. The second-order valence-electron chi connectivity index (χ2n) is 9.21. The van der Waals surface area contributed by atoms with Crippen LogP contribution in [0.1, 0.15) is 31.4 Å². The number of primary amides is 1. The van der Waals surface area contributed by atoms with Gasteiger partial charge in [-0.1, -0.05) is 5.21 Å². The summed E-state index contributed by atoms with van der Waals surface area (Å²) in [6.45, 7) is 4.84. The van der Waals surface area contributed by atoms with Crippen LogP contribution in [0, 0.1) is 17.8 Å². The van der Waals surface area contributed by atoms with E-state index in [9.17, 15) is 9.59 Å². The first kappa shape index (κ1) is 20.3. The van der Waals surface area contributed by atoms with Crippen molar-refractivity contribution in [1.29, 1.82) is 0 Å². The highest BCUT2D eigenvalue weighted by molar-refractivity contribution is 5.81. The van der Waals surface area contributed by atoms with Gasteiger partial charge in [0.25, 0.3) is 0 Å². The molecule has 1 aromatic rings. The molecule has 9 nitrogen and oxygen atoms in total. The Labute approximate surface area is 172 Å². The molecule has 2 amide bonds. The summed E-state index contributed by atoms with van der Waals surface area (Å²) in [5, 5.41) is 8.56. The first-order chi connectivity index (χ1) is 13.9. The molecule has 0 spiro atoms. The van der Waals surface area contributed by atoms with E-state index in [-0.39, 0.29) is 23.7 Å². The summed E-state index contributed by atoms with van der Waals surface area (Å²) in [6, 6.07) is 0.423. The third kappa shape index (κ3) is 4.45. The summed E-state index contributed by atoms with van der Waals surface area (Å²) >= 11 is 0. The predicted octanol–water partition coefficient (Wildman–Crippen LogP) is -0.226. The van der Waals surface area contributed by atoms with Crippen molar-refractivity contribution >= 4 is 11.8 Å². The maximum Gasteiger partial charge on any atom is 0.227 e. The number of aromatic nitrogens is 3. The quantitative estimate of drug-likeness (QED) is 0.704. The Morgan fingerprint density at radius 2 is 1.97 bits per heavy atom. The second-order valence-corrected chi connectivity index (χ2v) is 9.21. The highest BCUT2D eigenvalue weighted by atomic mass is 16.2. The SMILES string of the molecule is CN(C)Cc1cn(C[C@H]2C[C@@H]3CCN2C[C@@H]3C(=O)N2CCC(C(N)=O)CC2)nn1. The fraction of sp³-hybridized carbons (Fsp3) is 0.800. The van der Waals surface area contributed by atoms with E-state index in [1.165, 1.54) is 0 Å². The van der Waals surface area contributed by atoms with Gasteiger partial charge in [0.1, 0.15) is 0 Å². The van der Waals surface area contributed by atoms with Gasteiger partial charge in [-0.05, 0) is 52.2 Å². The fourth-order valence-corrected chi connectivity index (χ4v) is 5.27. The molecule has 4 aliphatic rings. The van der Waals surface area contributed by atoms with Gasteiger partial charge in [-0.15, -0.1) is 5.10 Å². The van der Waals surface area contributed by atoms with Crippen LogP contribution in [0.25, 0.3) is 0 Å². The number of nitrogens with zero attached hydrogens (tertiary/aromatic N) is 6. The highest BCUT2D eigenvalue weighted by Gasteiger charge is 2.45. The van der Waals surface area contributed by atoms with E-state index >= 15 is 0 Å². The molecule has 4 atom stereocenters. The first-order valence-corrected chi connectivity index (χ1v) is 10.8. The van der Waals surface area contributed by atoms with Crippen LogP contribution in [-0.4, -0.2) is 87.8 Å². The van der Waals surface area contributed by atoms with Crippen molar-refractivity contribution in [2.45, 2.75) is 44.8 Å². The van der Waals surface area contributed by atoms with Crippen molar-refractivity contribution in [3.8, 4) is 0 Å². The normalized spacial score (nSPS) is 30.1. The molecule has 5 rings (SSSR count). The van der Waals surface area contributed by atoms with Crippen molar-refractivity contribution in [1.82, 2.24) is 29.7 Å². The van der Waals surface area contributed by atoms with Crippen LogP contribution in [0.5, 0.6) is 0 Å². The number of rotatable bonds is 6. The van der Waals surface area contributed by atoms with Crippen LogP contribution in [0.2, 0.25) is 0 Å². The molecule has 5 heterocycles. The highest BCUT2D eigenvalue weighted by Crippen LogP contribution is 2.38. The van der Waals surface area contributed by atoms with Crippen molar-refractivity contribution in [3.63, 3.8) is 0 Å². The van der Waals surface area contributed by atoms with Gasteiger partial charge in [-0.25, -0.2) is 0 Å². The number of hydrogen-bond acceptors (Lipinski definition) is 6. The molecule has 2 bridgehead atoms. The van der Waals surface area contributed by atoms with Crippen molar-refractivity contribution in [3.05, 3.63) is 11.9 Å². The molecule has 1 unspecified atom stereocenters. The Kier molecular flexibility index (Phi) is 5.87. The Morgan fingerprint density at radius 3 is 2.59 bits per heavy atom. The standard InChI is InChI=1S/C20H33N7O2/c1-24(2)10-16-11-27(23-22-16)12-17-9-15-5-8-26(17)13-18(15)20(29)25-6-3-14(4-7-25)19(21)28/h11,14-15,17-18H,3-10,12-13H2,1-2H3,(H2,21,28)/t15-,17+,18-/m0/s1. The summed E-state index contributed by atoms with van der Waals surface area (Å²) < 4.78 is 1.95. The van der Waals surface area contributed by atoms with Gasteiger partial charge in [0.05, 0.1) is 18.2 Å². The van der Waals surface area contributed by atoms with Crippen LogP contribution in [0.4, 0.5) is 0 Å². The van der Waals surface area contributed by atoms with Crippen molar-refractivity contribution in [2.75, 3.05) is 40.3 Å². The molecule has 4 aliphatic heterocycles. The van der Waals surface area contributed by atoms with Gasteiger partial charge in [0.15, 0.2) is 0 Å². The lowest BCUT2D eigenvalue weighted by Crippen LogP contribution is -2.59. The van der Waals surface area contributed by atoms with Gasteiger partial charge in [0.2, 0.25) is 11.8 Å². The molecule has 0 aliphatic carbocycles. The Hall–Kier alpha value is -2.00. The third-order valence-corrected chi connectivity index (χ3v) is 6.87. The predicted molar refractivity (Wildman–Crippen MR) is 107 cm³/mol. The zero-order valence-electron chi connectivity index (χ0n) is 17.5. The number of likely N-dealkylation sites (tertiary alicyclic amines) is 1. The minimum absolute atomic E-state index is 0.0740. The van der Waals surface area contributed by atoms with E-state index in [0.717, 1.165) is 44.7 Å². The smallest absolute Gasteiger partial charge is 0.227 e. The van der Waals surface area contributed by atoms with Crippen LogP contribution < -0.4 is 5.73 Å². The Bertz CT molecular complexity index is 741. The number of amides is 2. The minimum Gasteiger partial charge on any atom is -0.369 e. The molecular weight excluding hydrogens is 370 g/mol. The van der Waals surface area contributed by atoms with Crippen molar-refractivity contribution < 1.29 is 9.59 Å².